The molecule has 0 aromatic carbocycles. The molecule has 1 fully saturated rings. The van der Waals surface area contributed by atoms with Crippen molar-refractivity contribution in [1.82, 2.24) is 14.9 Å². The van der Waals surface area contributed by atoms with Crippen LogP contribution in [0.1, 0.15) is 0 Å². The van der Waals surface area contributed by atoms with Gasteiger partial charge >= 0.3 is 0 Å². The lowest BCUT2D eigenvalue weighted by Gasteiger charge is -2.28. The molecule has 1 aliphatic heterocycles. The molecule has 1 N–H and O–H groups in total. The number of nitrogens with one attached hydrogen (secondary N) is 1. The Bertz CT molecular complexity index is 497. The molecule has 0 unspecified atom stereocenters. The fraction of sp³-hybridized carbons (Fsp3) is 0.417. The zero-order valence-corrected chi connectivity index (χ0v) is 9.48. The van der Waals surface area contributed by atoms with Crippen molar-refractivity contribution < 1.29 is 0 Å². The third-order valence-corrected chi connectivity index (χ3v) is 3.20. The molecule has 0 bridgehead atoms. The smallest absolute Gasteiger partial charge is 0.130 e. The number of anilines is 1. The van der Waals surface area contributed by atoms with E-state index in [2.05, 4.69) is 45.1 Å². The summed E-state index contributed by atoms with van der Waals surface area (Å²) >= 11 is 0. The van der Waals surface area contributed by atoms with Gasteiger partial charge in [0.15, 0.2) is 0 Å². The van der Waals surface area contributed by atoms with E-state index < -0.39 is 0 Å². The van der Waals surface area contributed by atoms with E-state index >= 15 is 0 Å². The van der Waals surface area contributed by atoms with Crippen LogP contribution in [0, 0.1) is 0 Å². The van der Waals surface area contributed by atoms with Crippen molar-refractivity contribution in [1.29, 1.82) is 0 Å². The van der Waals surface area contributed by atoms with Crippen LogP contribution in [0.25, 0.3) is 10.9 Å². The van der Waals surface area contributed by atoms with E-state index in [1.165, 1.54) is 10.9 Å². The Kier molecular flexibility index (Phi) is 2.29. The fourth-order valence-electron chi connectivity index (χ4n) is 2.22. The van der Waals surface area contributed by atoms with Crippen LogP contribution in [0.3, 0.4) is 0 Å². The van der Waals surface area contributed by atoms with Gasteiger partial charge < -0.3 is 14.8 Å². The van der Waals surface area contributed by atoms with Crippen LogP contribution in [-0.2, 0) is 7.05 Å². The third kappa shape index (κ3) is 1.55. The minimum absolute atomic E-state index is 1.04. The van der Waals surface area contributed by atoms with Gasteiger partial charge in [-0.15, -0.1) is 0 Å². The SMILES string of the molecule is Cn1ccc2cnc(N3CCNCC3)cc21. The highest BCUT2D eigenvalue weighted by Gasteiger charge is 2.12. The second kappa shape index (κ2) is 3.79. The van der Waals surface area contributed by atoms with E-state index in [-0.39, 0.29) is 0 Å². The molecule has 4 nitrogen and oxygen atoms in total. The third-order valence-electron chi connectivity index (χ3n) is 3.20. The molecule has 0 aliphatic carbocycles. The van der Waals surface area contributed by atoms with E-state index in [1.807, 2.05) is 6.20 Å². The Morgan fingerprint density at radius 3 is 2.94 bits per heavy atom. The first-order chi connectivity index (χ1) is 7.84. The highest BCUT2D eigenvalue weighted by atomic mass is 15.2. The van der Waals surface area contributed by atoms with Crippen LogP contribution in [-0.4, -0.2) is 35.7 Å². The molecule has 0 atom stereocenters. The summed E-state index contributed by atoms with van der Waals surface area (Å²) in [7, 11) is 2.07. The molecule has 3 heterocycles. The lowest BCUT2D eigenvalue weighted by molar-refractivity contribution is 0.585. The molecule has 0 radical (unpaired) electrons. The predicted octanol–water partition coefficient (Wildman–Crippen LogP) is 0.983. The Balaban J connectivity index is 1.99. The molecule has 2 aromatic rings. The second-order valence-corrected chi connectivity index (χ2v) is 4.27. The number of pyridine rings is 1. The number of aromatic nitrogens is 2. The number of rotatable bonds is 1. The zero-order chi connectivity index (χ0) is 11.0. The van der Waals surface area contributed by atoms with E-state index in [0.717, 1.165) is 32.0 Å². The number of aryl methyl sites for hydroxylation is 1. The summed E-state index contributed by atoms with van der Waals surface area (Å²) in [5, 5.41) is 4.56. The van der Waals surface area contributed by atoms with Crippen LogP contribution in [0.15, 0.2) is 24.5 Å². The van der Waals surface area contributed by atoms with Gasteiger partial charge in [0.2, 0.25) is 0 Å². The van der Waals surface area contributed by atoms with Gasteiger partial charge in [-0.25, -0.2) is 4.98 Å². The van der Waals surface area contributed by atoms with Gasteiger partial charge in [-0.2, -0.15) is 0 Å². The van der Waals surface area contributed by atoms with E-state index in [0.29, 0.717) is 0 Å². The van der Waals surface area contributed by atoms with Crippen LogP contribution in [0.5, 0.6) is 0 Å². The molecule has 3 rings (SSSR count). The average Bonchev–Trinajstić information content (AvgIpc) is 2.72. The molecule has 1 aliphatic rings. The molecular formula is C12H16N4. The van der Waals surface area contributed by atoms with Crippen molar-refractivity contribution in [3.63, 3.8) is 0 Å². The summed E-state index contributed by atoms with van der Waals surface area (Å²) in [5.74, 6) is 1.09. The van der Waals surface area contributed by atoms with Gasteiger partial charge in [-0.3, -0.25) is 0 Å². The Labute approximate surface area is 94.9 Å². The standard InChI is InChI=1S/C12H16N4/c1-15-5-2-10-9-14-12(8-11(10)15)16-6-3-13-4-7-16/h2,5,8-9,13H,3-4,6-7H2,1H3. The number of hydrogen-bond acceptors (Lipinski definition) is 3. The maximum Gasteiger partial charge on any atom is 0.130 e. The van der Waals surface area contributed by atoms with E-state index in [9.17, 15) is 0 Å². The van der Waals surface area contributed by atoms with Gasteiger partial charge in [0, 0.05) is 57.1 Å². The quantitative estimate of drug-likeness (QED) is 0.771. The maximum atomic E-state index is 4.53. The summed E-state index contributed by atoms with van der Waals surface area (Å²) < 4.78 is 2.14. The van der Waals surface area contributed by atoms with Crippen molar-refractivity contribution in [2.75, 3.05) is 31.1 Å². The first kappa shape index (κ1) is 9.66. The molecule has 4 heteroatoms. The summed E-state index contributed by atoms with van der Waals surface area (Å²) in [6.45, 7) is 4.19. The largest absolute Gasteiger partial charge is 0.354 e. The molecular weight excluding hydrogens is 200 g/mol. The predicted molar refractivity (Wildman–Crippen MR) is 65.8 cm³/mol. The zero-order valence-electron chi connectivity index (χ0n) is 9.48. The van der Waals surface area contributed by atoms with Crippen LogP contribution in [0.4, 0.5) is 5.82 Å². The summed E-state index contributed by atoms with van der Waals surface area (Å²) in [5.41, 5.74) is 1.25. The summed E-state index contributed by atoms with van der Waals surface area (Å²) in [6, 6.07) is 4.28. The van der Waals surface area contributed by atoms with Gasteiger partial charge in [0.05, 0.1) is 5.52 Å². The number of piperazine rings is 1. The summed E-state index contributed by atoms with van der Waals surface area (Å²) in [6.07, 6.45) is 4.04. The van der Waals surface area contributed by atoms with Crippen LogP contribution in [0.2, 0.25) is 0 Å². The minimum Gasteiger partial charge on any atom is -0.354 e. The average molecular weight is 216 g/mol. The van der Waals surface area contributed by atoms with Gasteiger partial charge in [-0.1, -0.05) is 0 Å². The Morgan fingerprint density at radius 2 is 2.12 bits per heavy atom. The maximum absolute atomic E-state index is 4.53. The van der Waals surface area contributed by atoms with Gasteiger partial charge in [0.1, 0.15) is 5.82 Å². The number of hydrogen-bond donors (Lipinski definition) is 1. The van der Waals surface area contributed by atoms with Gasteiger partial charge in [0.25, 0.3) is 0 Å². The highest BCUT2D eigenvalue weighted by Crippen LogP contribution is 2.19. The molecule has 0 spiro atoms. The van der Waals surface area contributed by atoms with Crippen LogP contribution < -0.4 is 10.2 Å². The van der Waals surface area contributed by atoms with Crippen LogP contribution >= 0.6 is 0 Å². The Hall–Kier alpha value is -1.55. The van der Waals surface area contributed by atoms with E-state index in [1.54, 1.807) is 0 Å². The molecule has 0 amide bonds. The van der Waals surface area contributed by atoms with E-state index in [4.69, 9.17) is 0 Å². The Morgan fingerprint density at radius 1 is 1.31 bits per heavy atom. The van der Waals surface area contributed by atoms with Crippen molar-refractivity contribution in [2.24, 2.45) is 7.05 Å². The van der Waals surface area contributed by atoms with Crippen molar-refractivity contribution in [3.8, 4) is 0 Å². The van der Waals surface area contributed by atoms with Gasteiger partial charge in [-0.05, 0) is 6.07 Å². The first-order valence-electron chi connectivity index (χ1n) is 5.71. The van der Waals surface area contributed by atoms with Crippen molar-refractivity contribution in [3.05, 3.63) is 24.5 Å². The fourth-order valence-corrected chi connectivity index (χ4v) is 2.22. The normalized spacial score (nSPS) is 16.9. The highest BCUT2D eigenvalue weighted by molar-refractivity contribution is 5.81. The molecule has 1 saturated heterocycles. The monoisotopic (exact) mass is 216 g/mol. The minimum atomic E-state index is 1.04. The lowest BCUT2D eigenvalue weighted by Crippen LogP contribution is -2.43. The number of nitrogens with zero attached hydrogens (tertiary/aromatic N) is 3. The molecule has 16 heavy (non-hydrogen) atoms. The number of fused-ring (bicyclic) bond motifs is 1. The first-order valence-corrected chi connectivity index (χ1v) is 5.71. The molecule has 84 valence electrons. The van der Waals surface area contributed by atoms with Crippen molar-refractivity contribution in [2.45, 2.75) is 0 Å². The molecule has 2 aromatic heterocycles. The molecule has 0 saturated carbocycles. The topological polar surface area (TPSA) is 33.1 Å². The van der Waals surface area contributed by atoms with Crippen molar-refractivity contribution >= 4 is 16.7 Å². The second-order valence-electron chi connectivity index (χ2n) is 4.27. The lowest BCUT2D eigenvalue weighted by atomic mass is 10.3. The summed E-state index contributed by atoms with van der Waals surface area (Å²) in [4.78, 5) is 6.86.